The Labute approximate surface area is 97.8 Å². The molecule has 0 unspecified atom stereocenters. The number of aromatic nitrogens is 4. The fraction of sp³-hybridized carbons (Fsp3) is 0.250. The first kappa shape index (κ1) is 11.9. The van der Waals surface area contributed by atoms with Crippen molar-refractivity contribution < 1.29 is 4.79 Å². The van der Waals surface area contributed by atoms with Gasteiger partial charge in [0.05, 0.1) is 0 Å². The van der Waals surface area contributed by atoms with E-state index in [-0.39, 0.29) is 24.1 Å². The molecule has 0 aliphatic rings. The third-order valence-electron chi connectivity index (χ3n) is 2.39. The summed E-state index contributed by atoms with van der Waals surface area (Å²) in [6, 6.07) is 0. The Balaban J connectivity index is 2.51. The molecule has 0 saturated carbocycles. The molecule has 10 nitrogen and oxygen atoms in total. The number of nitrogens with one attached hydrogen (secondary N) is 4. The molecule has 0 saturated heterocycles. The van der Waals surface area contributed by atoms with Crippen molar-refractivity contribution in [2.75, 3.05) is 0 Å². The normalized spacial score (nSPS) is 10.7. The number of H-pyrrole nitrogens is 3. The molecule has 0 spiro atoms. The quantitative estimate of drug-likeness (QED) is 0.225. The van der Waals surface area contributed by atoms with Gasteiger partial charge in [0.2, 0.25) is 5.91 Å². The van der Waals surface area contributed by atoms with Crippen molar-refractivity contribution in [3.8, 4) is 0 Å². The van der Waals surface area contributed by atoms with Gasteiger partial charge in [-0.1, -0.05) is 0 Å². The molecule has 0 aliphatic heterocycles. The summed E-state index contributed by atoms with van der Waals surface area (Å²) in [5, 5.41) is 0. The Bertz CT molecular complexity index is 762. The number of nitrogens with zero attached hydrogens (tertiary/aromatic N) is 1. The molecule has 2 rings (SSSR count). The van der Waals surface area contributed by atoms with Gasteiger partial charge in [-0.2, -0.15) is 0 Å². The third kappa shape index (κ3) is 1.96. The predicted octanol–water partition coefficient (Wildman–Crippen LogP) is -2.91. The molecule has 1 amide bonds. The molecular weight excluding hydrogens is 244 g/mol. The fourth-order valence-corrected chi connectivity index (χ4v) is 1.53. The maximum absolute atomic E-state index is 11.9. The second-order valence-electron chi connectivity index (χ2n) is 3.53. The van der Waals surface area contributed by atoms with Gasteiger partial charge in [-0.05, 0) is 0 Å². The van der Waals surface area contributed by atoms with Gasteiger partial charge in [0, 0.05) is 13.0 Å². The highest BCUT2D eigenvalue weighted by Crippen LogP contribution is 1.92. The summed E-state index contributed by atoms with van der Waals surface area (Å²) >= 11 is 0. The molecular formula is C8H10N6O4. The largest absolute Gasteiger partial charge is 0.330 e. The van der Waals surface area contributed by atoms with E-state index in [1.165, 1.54) is 0 Å². The lowest BCUT2D eigenvalue weighted by molar-refractivity contribution is -0.121. The fourth-order valence-electron chi connectivity index (χ4n) is 1.53. The average molecular weight is 254 g/mol. The highest BCUT2D eigenvalue weighted by atomic mass is 16.2. The highest BCUT2D eigenvalue weighted by Gasteiger charge is 2.11. The number of amides is 1. The molecule has 0 radical (unpaired) electrons. The molecule has 10 heteroatoms. The predicted molar refractivity (Wildman–Crippen MR) is 60.7 cm³/mol. The van der Waals surface area contributed by atoms with E-state index in [4.69, 9.17) is 5.84 Å². The maximum atomic E-state index is 11.9. The number of hydrazine groups is 1. The van der Waals surface area contributed by atoms with Crippen molar-refractivity contribution in [2.24, 2.45) is 5.84 Å². The molecule has 2 aromatic heterocycles. The first-order chi connectivity index (χ1) is 8.52. The summed E-state index contributed by atoms with van der Waals surface area (Å²) in [5.41, 5.74) is -0.141. The van der Waals surface area contributed by atoms with Gasteiger partial charge in [0.15, 0.2) is 5.52 Å². The zero-order chi connectivity index (χ0) is 13.3. The summed E-state index contributed by atoms with van der Waals surface area (Å²) in [7, 11) is 0. The van der Waals surface area contributed by atoms with Gasteiger partial charge in [0.1, 0.15) is 5.65 Å². The second-order valence-corrected chi connectivity index (χ2v) is 3.53. The van der Waals surface area contributed by atoms with Crippen LogP contribution in [0.3, 0.4) is 0 Å². The van der Waals surface area contributed by atoms with E-state index < -0.39 is 22.8 Å². The SMILES string of the molecule is NNC(=O)CCn1c(=O)[nH]c2[nH]c(=O)[nH]c2c1=O. The molecule has 0 aromatic carbocycles. The molecule has 2 heterocycles. The van der Waals surface area contributed by atoms with Crippen LogP contribution in [0.1, 0.15) is 6.42 Å². The minimum Gasteiger partial charge on any atom is -0.300 e. The zero-order valence-corrected chi connectivity index (χ0v) is 9.07. The Morgan fingerprint density at radius 2 is 1.94 bits per heavy atom. The number of rotatable bonds is 3. The monoisotopic (exact) mass is 254 g/mol. The van der Waals surface area contributed by atoms with Crippen molar-refractivity contribution in [3.05, 3.63) is 31.3 Å². The lowest BCUT2D eigenvalue weighted by atomic mass is 10.4. The second kappa shape index (κ2) is 4.33. The van der Waals surface area contributed by atoms with E-state index in [1.807, 2.05) is 5.43 Å². The van der Waals surface area contributed by atoms with Gasteiger partial charge in [-0.25, -0.2) is 15.4 Å². The minimum atomic E-state index is -0.715. The van der Waals surface area contributed by atoms with E-state index in [0.717, 1.165) is 4.57 Å². The van der Waals surface area contributed by atoms with Crippen LogP contribution in [-0.4, -0.2) is 25.4 Å². The highest BCUT2D eigenvalue weighted by molar-refractivity contribution is 5.75. The minimum absolute atomic E-state index is 0.0227. The number of carbonyl (C=O) groups is 1. The summed E-state index contributed by atoms with van der Waals surface area (Å²) < 4.78 is 0.807. The van der Waals surface area contributed by atoms with Crippen molar-refractivity contribution >= 4 is 17.1 Å². The number of carbonyl (C=O) groups excluding carboxylic acids is 1. The van der Waals surface area contributed by atoms with E-state index in [2.05, 4.69) is 15.0 Å². The lowest BCUT2D eigenvalue weighted by Crippen LogP contribution is -2.38. The summed E-state index contributed by atoms with van der Waals surface area (Å²) in [6.45, 7) is -0.139. The molecule has 0 bridgehead atoms. The Morgan fingerprint density at radius 3 is 2.61 bits per heavy atom. The lowest BCUT2D eigenvalue weighted by Gasteiger charge is -2.03. The molecule has 6 N–H and O–H groups in total. The third-order valence-corrected chi connectivity index (χ3v) is 2.39. The van der Waals surface area contributed by atoms with Crippen LogP contribution >= 0.6 is 0 Å². The molecule has 0 aliphatic carbocycles. The number of imidazole rings is 1. The van der Waals surface area contributed by atoms with Crippen molar-refractivity contribution in [1.29, 1.82) is 0 Å². The van der Waals surface area contributed by atoms with Crippen LogP contribution in [0.15, 0.2) is 14.4 Å². The van der Waals surface area contributed by atoms with Crippen LogP contribution in [0.25, 0.3) is 11.2 Å². The van der Waals surface area contributed by atoms with Gasteiger partial charge < -0.3 is 0 Å². The number of hydrogen-bond donors (Lipinski definition) is 5. The number of hydrogen-bond acceptors (Lipinski definition) is 5. The van der Waals surface area contributed by atoms with Crippen LogP contribution in [0.2, 0.25) is 0 Å². The summed E-state index contributed by atoms with van der Waals surface area (Å²) in [5.74, 6) is 4.37. The molecule has 96 valence electrons. The van der Waals surface area contributed by atoms with E-state index in [9.17, 15) is 19.2 Å². The van der Waals surface area contributed by atoms with E-state index in [1.54, 1.807) is 0 Å². The Morgan fingerprint density at radius 1 is 1.22 bits per heavy atom. The van der Waals surface area contributed by atoms with E-state index in [0.29, 0.717) is 0 Å². The van der Waals surface area contributed by atoms with Crippen LogP contribution in [0.5, 0.6) is 0 Å². The Kier molecular flexibility index (Phi) is 2.85. The maximum Gasteiger partial charge on any atom is 0.330 e. The van der Waals surface area contributed by atoms with Gasteiger partial charge >= 0.3 is 11.4 Å². The van der Waals surface area contributed by atoms with Crippen LogP contribution < -0.4 is 28.2 Å². The van der Waals surface area contributed by atoms with Crippen LogP contribution in [0.4, 0.5) is 0 Å². The standard InChI is InChI=1S/C8H10N6O4/c9-13-3(15)1-2-14-6(16)4-5(12-8(14)18)11-7(17)10-4/h1-2,9H2,(H,12,18)(H,13,15)(H2,10,11,17). The molecule has 18 heavy (non-hydrogen) atoms. The Hall–Kier alpha value is -2.62. The average Bonchev–Trinajstić information content (AvgIpc) is 2.69. The zero-order valence-electron chi connectivity index (χ0n) is 9.07. The summed E-state index contributed by atoms with van der Waals surface area (Å²) in [6.07, 6.45) is -0.125. The van der Waals surface area contributed by atoms with Crippen molar-refractivity contribution in [1.82, 2.24) is 24.9 Å². The van der Waals surface area contributed by atoms with Gasteiger partial charge in [-0.15, -0.1) is 0 Å². The van der Waals surface area contributed by atoms with E-state index >= 15 is 0 Å². The topological polar surface area (TPSA) is 159 Å². The first-order valence-corrected chi connectivity index (χ1v) is 4.97. The number of fused-ring (bicyclic) bond motifs is 1. The molecule has 0 fully saturated rings. The van der Waals surface area contributed by atoms with Crippen molar-refractivity contribution in [2.45, 2.75) is 13.0 Å². The summed E-state index contributed by atoms with van der Waals surface area (Å²) in [4.78, 5) is 52.2. The van der Waals surface area contributed by atoms with Gasteiger partial charge in [0.25, 0.3) is 5.56 Å². The molecule has 2 aromatic rings. The van der Waals surface area contributed by atoms with Gasteiger partial charge in [-0.3, -0.25) is 34.5 Å². The van der Waals surface area contributed by atoms with Crippen molar-refractivity contribution in [3.63, 3.8) is 0 Å². The number of aromatic amines is 3. The first-order valence-electron chi connectivity index (χ1n) is 4.97. The van der Waals surface area contributed by atoms with Crippen LogP contribution in [-0.2, 0) is 11.3 Å². The smallest absolute Gasteiger partial charge is 0.300 e. The number of nitrogens with two attached hydrogens (primary N) is 1. The van der Waals surface area contributed by atoms with Crippen LogP contribution in [0, 0.1) is 0 Å². The molecule has 0 atom stereocenters.